The summed E-state index contributed by atoms with van der Waals surface area (Å²) in [5.74, 6) is 0.213. The number of nitrogens with one attached hydrogen (secondary N) is 1. The van der Waals surface area contributed by atoms with E-state index in [0.29, 0.717) is 26.6 Å². The van der Waals surface area contributed by atoms with Gasteiger partial charge in [-0.25, -0.2) is 0 Å². The predicted molar refractivity (Wildman–Crippen MR) is 91.8 cm³/mol. The van der Waals surface area contributed by atoms with Crippen LogP contribution in [0.4, 0.5) is 11.4 Å². The first-order valence-electron chi connectivity index (χ1n) is 5.88. The summed E-state index contributed by atoms with van der Waals surface area (Å²) in [5, 5.41) is 3.25. The van der Waals surface area contributed by atoms with Gasteiger partial charge in [0.05, 0.1) is 11.4 Å². The SMILES string of the molecule is Nc1cc(Br)cc(Br)c1NC(=O)COc1cccc(Cl)c1. The Morgan fingerprint density at radius 3 is 2.71 bits per heavy atom. The number of halogens is 3. The van der Waals surface area contributed by atoms with Crippen molar-refractivity contribution in [2.24, 2.45) is 0 Å². The largest absolute Gasteiger partial charge is 0.484 e. The summed E-state index contributed by atoms with van der Waals surface area (Å²) in [7, 11) is 0. The maximum Gasteiger partial charge on any atom is 0.262 e. The van der Waals surface area contributed by atoms with Crippen molar-refractivity contribution < 1.29 is 9.53 Å². The van der Waals surface area contributed by atoms with Gasteiger partial charge in [0.1, 0.15) is 5.75 Å². The molecule has 0 fully saturated rings. The Kier molecular flexibility index (Phi) is 5.50. The number of rotatable bonds is 4. The Morgan fingerprint density at radius 1 is 1.29 bits per heavy atom. The zero-order chi connectivity index (χ0) is 15.4. The third-order valence-corrected chi connectivity index (χ3v) is 3.83. The Hall–Kier alpha value is -1.24. The maximum atomic E-state index is 11.9. The van der Waals surface area contributed by atoms with Crippen LogP contribution in [-0.2, 0) is 4.79 Å². The van der Waals surface area contributed by atoms with E-state index in [-0.39, 0.29) is 12.5 Å². The first-order chi connectivity index (χ1) is 9.95. The van der Waals surface area contributed by atoms with Gasteiger partial charge in [-0.15, -0.1) is 0 Å². The second kappa shape index (κ2) is 7.15. The molecule has 0 atom stereocenters. The molecule has 21 heavy (non-hydrogen) atoms. The minimum Gasteiger partial charge on any atom is -0.484 e. The Labute approximate surface area is 143 Å². The van der Waals surface area contributed by atoms with Crippen LogP contribution in [0.15, 0.2) is 45.3 Å². The minimum atomic E-state index is -0.315. The molecule has 0 unspecified atom stereocenters. The van der Waals surface area contributed by atoms with Gasteiger partial charge in [-0.2, -0.15) is 0 Å². The molecule has 0 aliphatic rings. The number of nitrogen functional groups attached to an aromatic ring is 1. The fourth-order valence-electron chi connectivity index (χ4n) is 1.61. The highest BCUT2D eigenvalue weighted by molar-refractivity contribution is 9.11. The van der Waals surface area contributed by atoms with Crippen LogP contribution in [-0.4, -0.2) is 12.5 Å². The summed E-state index contributed by atoms with van der Waals surface area (Å²) in [6.45, 7) is -0.137. The lowest BCUT2D eigenvalue weighted by Gasteiger charge is -2.12. The molecule has 0 bridgehead atoms. The molecule has 0 heterocycles. The average Bonchev–Trinajstić information content (AvgIpc) is 2.40. The molecule has 110 valence electrons. The molecule has 0 aromatic heterocycles. The number of benzene rings is 2. The van der Waals surface area contributed by atoms with Gasteiger partial charge in [-0.05, 0) is 46.3 Å². The summed E-state index contributed by atoms with van der Waals surface area (Å²) in [6, 6.07) is 10.3. The van der Waals surface area contributed by atoms with Crippen molar-refractivity contribution in [2.45, 2.75) is 0 Å². The van der Waals surface area contributed by atoms with Gasteiger partial charge in [-0.1, -0.05) is 33.6 Å². The Morgan fingerprint density at radius 2 is 2.05 bits per heavy atom. The van der Waals surface area contributed by atoms with Gasteiger partial charge in [0.25, 0.3) is 5.91 Å². The number of hydrogen-bond acceptors (Lipinski definition) is 3. The lowest BCUT2D eigenvalue weighted by atomic mass is 10.2. The predicted octanol–water partition coefficient (Wildman–Crippen LogP) is 4.46. The van der Waals surface area contributed by atoms with Gasteiger partial charge >= 0.3 is 0 Å². The molecule has 0 saturated heterocycles. The molecule has 0 saturated carbocycles. The van der Waals surface area contributed by atoms with Crippen molar-refractivity contribution in [3.05, 3.63) is 50.4 Å². The van der Waals surface area contributed by atoms with E-state index in [4.69, 9.17) is 22.1 Å². The number of hydrogen-bond donors (Lipinski definition) is 2. The first-order valence-corrected chi connectivity index (χ1v) is 7.85. The molecule has 0 radical (unpaired) electrons. The van der Waals surface area contributed by atoms with Gasteiger partial charge < -0.3 is 15.8 Å². The summed E-state index contributed by atoms with van der Waals surface area (Å²) in [5.41, 5.74) is 6.83. The number of ether oxygens (including phenoxy) is 1. The highest BCUT2D eigenvalue weighted by Gasteiger charge is 2.11. The zero-order valence-corrected chi connectivity index (χ0v) is 14.6. The summed E-state index contributed by atoms with van der Waals surface area (Å²) in [4.78, 5) is 11.9. The van der Waals surface area contributed by atoms with Crippen molar-refractivity contribution in [3.8, 4) is 5.75 Å². The van der Waals surface area contributed by atoms with E-state index in [9.17, 15) is 4.79 Å². The van der Waals surface area contributed by atoms with Crippen LogP contribution in [0.5, 0.6) is 5.75 Å². The van der Waals surface area contributed by atoms with Gasteiger partial charge in [0, 0.05) is 14.0 Å². The molecule has 7 heteroatoms. The summed E-state index contributed by atoms with van der Waals surface area (Å²) in [6.07, 6.45) is 0. The van der Waals surface area contributed by atoms with Crippen molar-refractivity contribution in [2.75, 3.05) is 17.7 Å². The minimum absolute atomic E-state index is 0.137. The Balaban J connectivity index is 1.99. The van der Waals surface area contributed by atoms with Crippen molar-refractivity contribution in [1.82, 2.24) is 0 Å². The molecule has 0 aliphatic heterocycles. The molecule has 2 aromatic rings. The second-order valence-corrected chi connectivity index (χ2v) is 6.35. The number of carbonyl (C=O) groups excluding carboxylic acids is 1. The van der Waals surface area contributed by atoms with Crippen molar-refractivity contribution >= 4 is 60.7 Å². The number of amides is 1. The molecular weight excluding hydrogens is 423 g/mol. The summed E-state index contributed by atoms with van der Waals surface area (Å²) >= 11 is 12.5. The zero-order valence-electron chi connectivity index (χ0n) is 10.7. The third kappa shape index (κ3) is 4.62. The van der Waals surface area contributed by atoms with Gasteiger partial charge in [-0.3, -0.25) is 4.79 Å². The smallest absolute Gasteiger partial charge is 0.262 e. The third-order valence-electron chi connectivity index (χ3n) is 2.52. The highest BCUT2D eigenvalue weighted by Crippen LogP contribution is 2.32. The van der Waals surface area contributed by atoms with Crippen LogP contribution in [0.2, 0.25) is 5.02 Å². The van der Waals surface area contributed by atoms with E-state index in [2.05, 4.69) is 37.2 Å². The van der Waals surface area contributed by atoms with Crippen LogP contribution in [0.3, 0.4) is 0 Å². The van der Waals surface area contributed by atoms with E-state index in [0.717, 1.165) is 4.47 Å². The van der Waals surface area contributed by atoms with Crippen LogP contribution in [0.1, 0.15) is 0 Å². The van der Waals surface area contributed by atoms with E-state index in [1.807, 2.05) is 0 Å². The van der Waals surface area contributed by atoms with Crippen LogP contribution in [0.25, 0.3) is 0 Å². The number of anilines is 2. The molecule has 2 rings (SSSR count). The summed E-state index contributed by atoms with van der Waals surface area (Å²) < 4.78 is 6.87. The fourth-order valence-corrected chi connectivity index (χ4v) is 3.14. The molecule has 4 nitrogen and oxygen atoms in total. The lowest BCUT2D eigenvalue weighted by molar-refractivity contribution is -0.118. The number of nitrogens with two attached hydrogens (primary N) is 1. The van der Waals surface area contributed by atoms with Crippen LogP contribution in [0, 0.1) is 0 Å². The van der Waals surface area contributed by atoms with Crippen molar-refractivity contribution in [3.63, 3.8) is 0 Å². The van der Waals surface area contributed by atoms with Crippen molar-refractivity contribution in [1.29, 1.82) is 0 Å². The average molecular weight is 435 g/mol. The van der Waals surface area contributed by atoms with E-state index < -0.39 is 0 Å². The molecule has 0 aliphatic carbocycles. The quantitative estimate of drug-likeness (QED) is 0.698. The molecule has 3 N–H and O–H groups in total. The molecule has 2 aromatic carbocycles. The molecular formula is C14H11Br2ClN2O2. The maximum absolute atomic E-state index is 11.9. The topological polar surface area (TPSA) is 64.3 Å². The van der Waals surface area contributed by atoms with E-state index in [1.54, 1.807) is 36.4 Å². The monoisotopic (exact) mass is 432 g/mol. The van der Waals surface area contributed by atoms with Crippen LogP contribution >= 0.6 is 43.5 Å². The normalized spacial score (nSPS) is 10.2. The highest BCUT2D eigenvalue weighted by atomic mass is 79.9. The lowest BCUT2D eigenvalue weighted by Crippen LogP contribution is -2.21. The molecule has 1 amide bonds. The Bertz CT molecular complexity index is 657. The first kappa shape index (κ1) is 16.1. The van der Waals surface area contributed by atoms with Crippen LogP contribution < -0.4 is 15.8 Å². The van der Waals surface area contributed by atoms with E-state index in [1.165, 1.54) is 0 Å². The standard InChI is InChI=1S/C14H11Br2ClN2O2/c15-8-4-11(16)14(12(18)5-8)19-13(20)7-21-10-3-1-2-9(17)6-10/h1-6H,7,18H2,(H,19,20). The van der Waals surface area contributed by atoms with Gasteiger partial charge in [0.15, 0.2) is 6.61 Å². The molecule has 0 spiro atoms. The fraction of sp³-hybridized carbons (Fsp3) is 0.0714. The number of carbonyl (C=O) groups is 1. The van der Waals surface area contributed by atoms with E-state index >= 15 is 0 Å². The van der Waals surface area contributed by atoms with Gasteiger partial charge in [0.2, 0.25) is 0 Å². The second-order valence-electron chi connectivity index (χ2n) is 4.15.